The van der Waals surface area contributed by atoms with E-state index in [0.717, 1.165) is 11.8 Å². The van der Waals surface area contributed by atoms with Crippen LogP contribution in [0.1, 0.15) is 30.0 Å². The molecule has 0 saturated heterocycles. The monoisotopic (exact) mass is 362 g/mol. The van der Waals surface area contributed by atoms with E-state index in [-0.39, 0.29) is 18.0 Å². The van der Waals surface area contributed by atoms with Crippen molar-refractivity contribution >= 4 is 20.0 Å². The molecule has 0 aliphatic carbocycles. The summed E-state index contributed by atoms with van der Waals surface area (Å²) < 4.78 is 52.1. The lowest BCUT2D eigenvalue weighted by molar-refractivity contribution is 0.416. The normalized spacial score (nSPS) is 12.8. The predicted octanol–water partition coefficient (Wildman–Crippen LogP) is 1.56. The first-order valence-electron chi connectivity index (χ1n) is 7.51. The first-order chi connectivity index (χ1) is 10.5. The Balaban J connectivity index is 2.89. The van der Waals surface area contributed by atoms with Crippen molar-refractivity contribution in [2.75, 3.05) is 25.9 Å². The highest BCUT2D eigenvalue weighted by molar-refractivity contribution is 7.89. The highest BCUT2D eigenvalue weighted by Crippen LogP contribution is 2.21. The largest absolute Gasteiger partial charge is 0.241 e. The molecule has 0 atom stereocenters. The second kappa shape index (κ2) is 7.74. The summed E-state index contributed by atoms with van der Waals surface area (Å²) in [7, 11) is -7.00. The van der Waals surface area contributed by atoms with Gasteiger partial charge in [-0.15, -0.1) is 0 Å². The molecule has 0 spiro atoms. The van der Waals surface area contributed by atoms with Crippen LogP contribution in [0, 0.1) is 20.8 Å². The standard InChI is InChI=1S/C15H26N2O4S2/c1-6-8-17(22(5,18)19)9-7-16-23(20,21)15-13(3)10-12(2)11-14(15)4/h10-11,16H,6-9H2,1-5H3. The molecule has 0 aliphatic rings. The lowest BCUT2D eigenvalue weighted by Gasteiger charge is -2.20. The number of sulfonamides is 2. The van der Waals surface area contributed by atoms with E-state index in [1.807, 2.05) is 26.0 Å². The van der Waals surface area contributed by atoms with Crippen molar-refractivity contribution in [3.05, 3.63) is 28.8 Å². The maximum atomic E-state index is 12.5. The van der Waals surface area contributed by atoms with Crippen molar-refractivity contribution in [2.45, 2.75) is 39.0 Å². The summed E-state index contributed by atoms with van der Waals surface area (Å²) >= 11 is 0. The van der Waals surface area contributed by atoms with Gasteiger partial charge < -0.3 is 0 Å². The van der Waals surface area contributed by atoms with Crippen LogP contribution < -0.4 is 4.72 Å². The van der Waals surface area contributed by atoms with Crippen LogP contribution in [-0.2, 0) is 20.0 Å². The molecule has 0 aromatic heterocycles. The maximum Gasteiger partial charge on any atom is 0.241 e. The molecule has 0 radical (unpaired) electrons. The lowest BCUT2D eigenvalue weighted by Crippen LogP contribution is -2.38. The Labute approximate surface area is 140 Å². The summed E-state index contributed by atoms with van der Waals surface area (Å²) in [5.74, 6) is 0. The minimum Gasteiger partial charge on any atom is -0.213 e. The van der Waals surface area contributed by atoms with Gasteiger partial charge in [0, 0.05) is 19.6 Å². The molecule has 8 heteroatoms. The number of nitrogens with one attached hydrogen (secondary N) is 1. The van der Waals surface area contributed by atoms with Crippen molar-refractivity contribution in [3.63, 3.8) is 0 Å². The van der Waals surface area contributed by atoms with Crippen molar-refractivity contribution in [1.29, 1.82) is 0 Å². The molecular formula is C15H26N2O4S2. The third-order valence-electron chi connectivity index (χ3n) is 3.47. The summed E-state index contributed by atoms with van der Waals surface area (Å²) in [6.07, 6.45) is 1.81. The Morgan fingerprint density at radius 2 is 1.52 bits per heavy atom. The Bertz CT molecular complexity index is 733. The Morgan fingerprint density at radius 3 is 1.96 bits per heavy atom. The van der Waals surface area contributed by atoms with Gasteiger partial charge in [0.25, 0.3) is 0 Å². The Kier molecular flexibility index (Phi) is 6.76. The summed E-state index contributed by atoms with van der Waals surface area (Å²) in [4.78, 5) is 0.268. The van der Waals surface area contributed by atoms with E-state index < -0.39 is 20.0 Å². The zero-order chi connectivity index (χ0) is 17.8. The van der Waals surface area contributed by atoms with Gasteiger partial charge in [-0.1, -0.05) is 24.6 Å². The highest BCUT2D eigenvalue weighted by atomic mass is 32.2. The minimum atomic E-state index is -3.67. The van der Waals surface area contributed by atoms with Crippen LogP contribution in [0.25, 0.3) is 0 Å². The minimum absolute atomic E-state index is 0.0438. The fourth-order valence-corrected chi connectivity index (χ4v) is 5.07. The number of hydrogen-bond acceptors (Lipinski definition) is 4. The van der Waals surface area contributed by atoms with E-state index in [1.165, 1.54) is 4.31 Å². The number of nitrogens with zero attached hydrogens (tertiary/aromatic N) is 1. The zero-order valence-electron chi connectivity index (χ0n) is 14.4. The van der Waals surface area contributed by atoms with Gasteiger partial charge in [-0.3, -0.25) is 0 Å². The lowest BCUT2D eigenvalue weighted by atomic mass is 10.1. The van der Waals surface area contributed by atoms with Crippen molar-refractivity contribution in [2.24, 2.45) is 0 Å². The van der Waals surface area contributed by atoms with Crippen molar-refractivity contribution < 1.29 is 16.8 Å². The van der Waals surface area contributed by atoms with Gasteiger partial charge >= 0.3 is 0 Å². The predicted molar refractivity (Wildman–Crippen MR) is 92.5 cm³/mol. The topological polar surface area (TPSA) is 83.6 Å². The second-order valence-electron chi connectivity index (χ2n) is 5.79. The molecule has 1 aromatic carbocycles. The molecule has 0 bridgehead atoms. The summed E-state index contributed by atoms with van der Waals surface area (Å²) in [5.41, 5.74) is 2.37. The average molecular weight is 363 g/mol. The van der Waals surface area contributed by atoms with Crippen LogP contribution >= 0.6 is 0 Å². The fourth-order valence-electron chi connectivity index (χ4n) is 2.66. The highest BCUT2D eigenvalue weighted by Gasteiger charge is 2.21. The number of hydrogen-bond donors (Lipinski definition) is 1. The van der Waals surface area contributed by atoms with Gasteiger partial charge in [0.1, 0.15) is 0 Å². The van der Waals surface area contributed by atoms with Gasteiger partial charge in [0.2, 0.25) is 20.0 Å². The molecule has 0 saturated carbocycles. The van der Waals surface area contributed by atoms with Crippen LogP contribution in [-0.4, -0.2) is 47.0 Å². The van der Waals surface area contributed by atoms with E-state index >= 15 is 0 Å². The third kappa shape index (κ3) is 5.56. The van der Waals surface area contributed by atoms with Crippen molar-refractivity contribution in [1.82, 2.24) is 9.03 Å². The van der Waals surface area contributed by atoms with Crippen molar-refractivity contribution in [3.8, 4) is 0 Å². The summed E-state index contributed by atoms with van der Waals surface area (Å²) in [6, 6.07) is 3.64. The average Bonchev–Trinajstić information content (AvgIpc) is 2.34. The maximum absolute atomic E-state index is 12.5. The van der Waals surface area contributed by atoms with E-state index in [4.69, 9.17) is 0 Å². The molecule has 0 amide bonds. The quantitative estimate of drug-likeness (QED) is 0.761. The molecule has 1 rings (SSSR count). The Morgan fingerprint density at radius 1 is 1.00 bits per heavy atom. The smallest absolute Gasteiger partial charge is 0.213 e. The summed E-state index contributed by atoms with van der Waals surface area (Å²) in [6.45, 7) is 7.85. The van der Waals surface area contributed by atoms with E-state index in [1.54, 1.807) is 13.8 Å². The van der Waals surface area contributed by atoms with Crippen LogP contribution in [0.15, 0.2) is 17.0 Å². The van der Waals surface area contributed by atoms with Gasteiger partial charge in [-0.25, -0.2) is 25.9 Å². The van der Waals surface area contributed by atoms with E-state index in [0.29, 0.717) is 24.1 Å². The van der Waals surface area contributed by atoms with Gasteiger partial charge in [-0.2, -0.15) is 0 Å². The number of aryl methyl sites for hydroxylation is 3. The molecule has 6 nitrogen and oxygen atoms in total. The van der Waals surface area contributed by atoms with Gasteiger partial charge in [0.15, 0.2) is 0 Å². The molecule has 23 heavy (non-hydrogen) atoms. The molecule has 0 unspecified atom stereocenters. The summed E-state index contributed by atoms with van der Waals surface area (Å²) in [5, 5.41) is 0. The molecule has 0 fully saturated rings. The molecule has 0 heterocycles. The van der Waals surface area contributed by atoms with Crippen LogP contribution in [0.2, 0.25) is 0 Å². The van der Waals surface area contributed by atoms with Gasteiger partial charge in [-0.05, 0) is 38.3 Å². The SMILES string of the molecule is CCCN(CCNS(=O)(=O)c1c(C)cc(C)cc1C)S(C)(=O)=O. The molecule has 1 aromatic rings. The number of benzene rings is 1. The van der Waals surface area contributed by atoms with Crippen LogP contribution in [0.5, 0.6) is 0 Å². The number of rotatable bonds is 8. The molecule has 0 aliphatic heterocycles. The zero-order valence-corrected chi connectivity index (χ0v) is 16.0. The molecule has 132 valence electrons. The third-order valence-corrected chi connectivity index (χ3v) is 6.54. The second-order valence-corrected chi connectivity index (χ2v) is 9.47. The molecular weight excluding hydrogens is 336 g/mol. The molecule has 1 N–H and O–H groups in total. The fraction of sp³-hybridized carbons (Fsp3) is 0.600. The van der Waals surface area contributed by atoms with E-state index in [9.17, 15) is 16.8 Å². The van der Waals surface area contributed by atoms with Crippen LogP contribution in [0.3, 0.4) is 0 Å². The first-order valence-corrected chi connectivity index (χ1v) is 10.8. The van der Waals surface area contributed by atoms with Gasteiger partial charge in [0.05, 0.1) is 11.2 Å². The first kappa shape index (κ1) is 20.1. The Hall–Kier alpha value is -0.960. The van der Waals surface area contributed by atoms with Crippen LogP contribution in [0.4, 0.5) is 0 Å². The van der Waals surface area contributed by atoms with E-state index in [2.05, 4.69) is 4.72 Å².